The summed E-state index contributed by atoms with van der Waals surface area (Å²) in [7, 11) is 0. The average molecular weight is 308 g/mol. The molecule has 0 amide bonds. The van der Waals surface area contributed by atoms with Gasteiger partial charge < -0.3 is 4.90 Å². The van der Waals surface area contributed by atoms with Crippen LogP contribution in [-0.2, 0) is 0 Å². The first-order chi connectivity index (χ1) is 7.76. The van der Waals surface area contributed by atoms with E-state index in [0.29, 0.717) is 5.41 Å². The summed E-state index contributed by atoms with van der Waals surface area (Å²) >= 11 is 5.88. The van der Waals surface area contributed by atoms with Crippen molar-refractivity contribution in [1.82, 2.24) is 4.90 Å². The molecule has 1 aliphatic carbocycles. The van der Waals surface area contributed by atoms with E-state index in [9.17, 15) is 0 Å². The van der Waals surface area contributed by atoms with Crippen LogP contribution in [-0.4, -0.2) is 41.4 Å². The molecular weight excluding hydrogens is 282 g/mol. The minimum atomic E-state index is 0.633. The molecule has 1 saturated carbocycles. The van der Waals surface area contributed by atoms with E-state index in [0.717, 1.165) is 0 Å². The first kappa shape index (κ1) is 14.8. The summed E-state index contributed by atoms with van der Waals surface area (Å²) in [6, 6.07) is 0. The molecule has 0 spiro atoms. The van der Waals surface area contributed by atoms with Crippen molar-refractivity contribution in [2.24, 2.45) is 5.41 Å². The van der Waals surface area contributed by atoms with Gasteiger partial charge in [-0.2, -0.15) is 11.8 Å². The number of hydrogen-bond acceptors (Lipinski definition) is 2. The lowest BCUT2D eigenvalue weighted by Gasteiger charge is -2.26. The molecule has 96 valence electrons. The predicted octanol–water partition coefficient (Wildman–Crippen LogP) is 4.02. The van der Waals surface area contributed by atoms with E-state index in [4.69, 9.17) is 0 Å². The van der Waals surface area contributed by atoms with E-state index in [1.165, 1.54) is 62.2 Å². The largest absolute Gasteiger partial charge is 0.303 e. The molecular formula is C13H26BrNS. The van der Waals surface area contributed by atoms with Crippen LogP contribution >= 0.6 is 27.7 Å². The Morgan fingerprint density at radius 3 is 2.31 bits per heavy atom. The Hall–Kier alpha value is 0.790. The van der Waals surface area contributed by atoms with Gasteiger partial charge in [-0.3, -0.25) is 0 Å². The van der Waals surface area contributed by atoms with Gasteiger partial charge >= 0.3 is 0 Å². The molecule has 1 fully saturated rings. The monoisotopic (exact) mass is 307 g/mol. The molecule has 0 aromatic carbocycles. The Bertz CT molecular complexity index is 177. The van der Waals surface area contributed by atoms with Gasteiger partial charge in [-0.1, -0.05) is 42.6 Å². The fourth-order valence-corrected chi connectivity index (χ4v) is 4.84. The third-order valence-electron chi connectivity index (χ3n) is 3.80. The van der Waals surface area contributed by atoms with Crippen molar-refractivity contribution in [3.63, 3.8) is 0 Å². The van der Waals surface area contributed by atoms with Crippen LogP contribution in [0.3, 0.4) is 0 Å². The highest BCUT2D eigenvalue weighted by atomic mass is 79.9. The predicted molar refractivity (Wildman–Crippen MR) is 79.8 cm³/mol. The molecule has 0 unspecified atom stereocenters. The molecule has 0 radical (unpaired) electrons. The van der Waals surface area contributed by atoms with Gasteiger partial charge in [0.15, 0.2) is 0 Å². The number of halogens is 1. The fraction of sp³-hybridized carbons (Fsp3) is 1.00. The second-order valence-corrected chi connectivity index (χ2v) is 6.59. The zero-order valence-corrected chi connectivity index (χ0v) is 13.2. The van der Waals surface area contributed by atoms with E-state index >= 15 is 0 Å². The molecule has 0 N–H and O–H groups in total. The Balaban J connectivity index is 2.14. The normalized spacial score (nSPS) is 19.5. The molecule has 0 aromatic rings. The second kappa shape index (κ2) is 7.99. The molecule has 0 heterocycles. The first-order valence-corrected chi connectivity index (χ1v) is 8.90. The van der Waals surface area contributed by atoms with Crippen LogP contribution in [0.15, 0.2) is 0 Å². The number of alkyl halides is 1. The molecule has 0 aromatic heterocycles. The minimum Gasteiger partial charge on any atom is -0.303 e. The van der Waals surface area contributed by atoms with Crippen molar-refractivity contribution in [2.75, 3.05) is 36.5 Å². The number of thioether (sulfide) groups is 1. The summed E-state index contributed by atoms with van der Waals surface area (Å²) in [5.74, 6) is 2.66. The standard InChI is InChI=1S/C13H26BrNS/c1-3-15(4-2)9-10-16-12-13(11-14)7-5-6-8-13/h3-12H2,1-2H3. The smallest absolute Gasteiger partial charge is 0.00958 e. The molecule has 1 aliphatic rings. The van der Waals surface area contributed by atoms with Gasteiger partial charge in [-0.05, 0) is 37.1 Å². The summed E-state index contributed by atoms with van der Waals surface area (Å²) in [5.41, 5.74) is 0.633. The Kier molecular flexibility index (Phi) is 7.42. The van der Waals surface area contributed by atoms with Crippen LogP contribution in [0.1, 0.15) is 39.5 Å². The van der Waals surface area contributed by atoms with E-state index in [2.05, 4.69) is 46.4 Å². The van der Waals surface area contributed by atoms with E-state index < -0.39 is 0 Å². The van der Waals surface area contributed by atoms with Crippen molar-refractivity contribution in [3.05, 3.63) is 0 Å². The van der Waals surface area contributed by atoms with Crippen LogP contribution in [0.25, 0.3) is 0 Å². The summed E-state index contributed by atoms with van der Waals surface area (Å²) in [6.45, 7) is 8.16. The second-order valence-electron chi connectivity index (χ2n) is 4.92. The molecule has 0 atom stereocenters. The molecule has 16 heavy (non-hydrogen) atoms. The van der Waals surface area contributed by atoms with Crippen molar-refractivity contribution < 1.29 is 0 Å². The summed E-state index contributed by atoms with van der Waals surface area (Å²) in [6.07, 6.45) is 5.78. The van der Waals surface area contributed by atoms with Crippen molar-refractivity contribution in [2.45, 2.75) is 39.5 Å². The molecule has 3 heteroatoms. The zero-order chi connectivity index (χ0) is 11.9. The van der Waals surface area contributed by atoms with Crippen LogP contribution in [0, 0.1) is 5.41 Å². The zero-order valence-electron chi connectivity index (χ0n) is 10.8. The van der Waals surface area contributed by atoms with Crippen molar-refractivity contribution in [1.29, 1.82) is 0 Å². The van der Waals surface area contributed by atoms with Crippen molar-refractivity contribution >= 4 is 27.7 Å². The van der Waals surface area contributed by atoms with Gasteiger partial charge in [-0.15, -0.1) is 0 Å². The summed E-state index contributed by atoms with van der Waals surface area (Å²) < 4.78 is 0. The fourth-order valence-electron chi connectivity index (χ4n) is 2.46. The van der Waals surface area contributed by atoms with Gasteiger partial charge in [0, 0.05) is 17.6 Å². The number of nitrogens with zero attached hydrogens (tertiary/aromatic N) is 1. The quantitative estimate of drug-likeness (QED) is 0.492. The molecule has 0 saturated heterocycles. The average Bonchev–Trinajstić information content (AvgIpc) is 2.79. The highest BCUT2D eigenvalue weighted by Gasteiger charge is 2.32. The topological polar surface area (TPSA) is 3.24 Å². The summed E-state index contributed by atoms with van der Waals surface area (Å²) in [5, 5.41) is 1.21. The number of rotatable bonds is 8. The van der Waals surface area contributed by atoms with Gasteiger partial charge in [-0.25, -0.2) is 0 Å². The van der Waals surface area contributed by atoms with Gasteiger partial charge in [0.2, 0.25) is 0 Å². The maximum absolute atomic E-state index is 3.72. The first-order valence-electron chi connectivity index (χ1n) is 6.62. The number of hydrogen-bond donors (Lipinski definition) is 0. The van der Waals surface area contributed by atoms with Crippen LogP contribution in [0.5, 0.6) is 0 Å². The highest BCUT2D eigenvalue weighted by Crippen LogP contribution is 2.41. The summed E-state index contributed by atoms with van der Waals surface area (Å²) in [4.78, 5) is 2.52. The van der Waals surface area contributed by atoms with E-state index in [-0.39, 0.29) is 0 Å². The molecule has 0 aliphatic heterocycles. The third kappa shape index (κ3) is 4.58. The van der Waals surface area contributed by atoms with E-state index in [1.54, 1.807) is 0 Å². The third-order valence-corrected chi connectivity index (χ3v) is 6.28. The molecule has 1 rings (SSSR count). The van der Waals surface area contributed by atoms with E-state index in [1.807, 2.05) is 0 Å². The van der Waals surface area contributed by atoms with Gasteiger partial charge in [0.25, 0.3) is 0 Å². The SMILES string of the molecule is CCN(CC)CCSCC1(CBr)CCCC1. The van der Waals surface area contributed by atoms with Gasteiger partial charge in [0.05, 0.1) is 0 Å². The maximum Gasteiger partial charge on any atom is 0.00958 e. The van der Waals surface area contributed by atoms with Crippen LogP contribution < -0.4 is 0 Å². The Morgan fingerprint density at radius 1 is 1.19 bits per heavy atom. The van der Waals surface area contributed by atoms with Crippen LogP contribution in [0.4, 0.5) is 0 Å². The molecule has 1 nitrogen and oxygen atoms in total. The maximum atomic E-state index is 3.72. The lowest BCUT2D eigenvalue weighted by molar-refractivity contribution is 0.323. The minimum absolute atomic E-state index is 0.633. The highest BCUT2D eigenvalue weighted by molar-refractivity contribution is 9.09. The molecule has 0 bridgehead atoms. The van der Waals surface area contributed by atoms with Crippen molar-refractivity contribution in [3.8, 4) is 0 Å². The van der Waals surface area contributed by atoms with Crippen LogP contribution in [0.2, 0.25) is 0 Å². The van der Waals surface area contributed by atoms with Gasteiger partial charge in [0.1, 0.15) is 0 Å². The lowest BCUT2D eigenvalue weighted by Crippen LogP contribution is -2.27. The lowest BCUT2D eigenvalue weighted by atomic mass is 9.92. The Labute approximate surface area is 114 Å². The Morgan fingerprint density at radius 2 is 1.81 bits per heavy atom.